The molecule has 1 rings (SSSR count). The molecule has 6 nitrogen and oxygen atoms in total. The van der Waals surface area contributed by atoms with E-state index >= 15 is 0 Å². The molecule has 0 aliphatic heterocycles. The molecule has 0 aliphatic rings. The number of nitrogens with two attached hydrogens (primary N) is 1. The molecule has 0 aromatic heterocycles. The maximum Gasteiger partial charge on any atom is 0.272 e. The minimum absolute atomic E-state index is 0. The van der Waals surface area contributed by atoms with E-state index < -0.39 is 4.92 Å². The molecule has 0 heterocycles. The highest BCUT2D eigenvalue weighted by molar-refractivity contribution is 5.85. The van der Waals surface area contributed by atoms with Crippen molar-refractivity contribution in [3.8, 4) is 0 Å². The van der Waals surface area contributed by atoms with Crippen LogP contribution >= 0.6 is 12.4 Å². The van der Waals surface area contributed by atoms with E-state index in [1.807, 2.05) is 0 Å². The molecule has 7 heteroatoms. The van der Waals surface area contributed by atoms with Crippen molar-refractivity contribution < 1.29 is 9.72 Å². The van der Waals surface area contributed by atoms with Crippen LogP contribution in [0.1, 0.15) is 24.1 Å². The van der Waals surface area contributed by atoms with Gasteiger partial charge in [0, 0.05) is 11.6 Å². The Morgan fingerprint density at radius 1 is 1.56 bits per heavy atom. The second-order valence-electron chi connectivity index (χ2n) is 3.80. The standard InChI is InChI=1S/C11H15N3O3.ClH/c1-7-3-4-9(5-10(7)14(16)17)8(2)13-11(15)6-12;/h3-5,8H,6,12H2,1-2H3,(H,13,15);1H. The third-order valence-corrected chi connectivity index (χ3v) is 2.49. The minimum Gasteiger partial charge on any atom is -0.348 e. The number of hydrogen-bond acceptors (Lipinski definition) is 4. The van der Waals surface area contributed by atoms with Crippen LogP contribution in [0, 0.1) is 17.0 Å². The number of nitrogens with one attached hydrogen (secondary N) is 1. The molecule has 0 spiro atoms. The Morgan fingerprint density at radius 3 is 2.67 bits per heavy atom. The van der Waals surface area contributed by atoms with Gasteiger partial charge in [0.1, 0.15) is 0 Å². The molecule has 0 saturated heterocycles. The fourth-order valence-electron chi connectivity index (χ4n) is 1.48. The maximum atomic E-state index is 11.1. The van der Waals surface area contributed by atoms with Crippen LogP contribution in [0.25, 0.3) is 0 Å². The smallest absolute Gasteiger partial charge is 0.272 e. The Labute approximate surface area is 111 Å². The first-order valence-electron chi connectivity index (χ1n) is 5.20. The molecule has 0 radical (unpaired) electrons. The van der Waals surface area contributed by atoms with Gasteiger partial charge in [-0.05, 0) is 19.4 Å². The number of nitro groups is 1. The van der Waals surface area contributed by atoms with Gasteiger partial charge in [0.2, 0.25) is 5.91 Å². The maximum absolute atomic E-state index is 11.1. The molecule has 18 heavy (non-hydrogen) atoms. The number of amides is 1. The summed E-state index contributed by atoms with van der Waals surface area (Å²) in [6.45, 7) is 3.32. The Bertz CT molecular complexity index is 451. The third kappa shape index (κ3) is 3.97. The summed E-state index contributed by atoms with van der Waals surface area (Å²) in [5.74, 6) is -0.291. The molecule has 1 unspecified atom stereocenters. The molecule has 0 saturated carbocycles. The van der Waals surface area contributed by atoms with E-state index in [0.29, 0.717) is 11.1 Å². The second-order valence-corrected chi connectivity index (χ2v) is 3.80. The van der Waals surface area contributed by atoms with Gasteiger partial charge in [-0.15, -0.1) is 12.4 Å². The first-order valence-corrected chi connectivity index (χ1v) is 5.20. The van der Waals surface area contributed by atoms with Gasteiger partial charge in [0.05, 0.1) is 17.5 Å². The molecule has 100 valence electrons. The van der Waals surface area contributed by atoms with Gasteiger partial charge in [-0.3, -0.25) is 14.9 Å². The fraction of sp³-hybridized carbons (Fsp3) is 0.364. The van der Waals surface area contributed by atoms with E-state index in [1.165, 1.54) is 6.07 Å². The van der Waals surface area contributed by atoms with Crippen molar-refractivity contribution in [2.75, 3.05) is 6.54 Å². The molecular weight excluding hydrogens is 258 g/mol. The molecular formula is C11H16ClN3O3. The van der Waals surface area contributed by atoms with Crippen LogP contribution in [0.5, 0.6) is 0 Å². The number of aryl methyl sites for hydroxylation is 1. The van der Waals surface area contributed by atoms with Crippen molar-refractivity contribution in [3.05, 3.63) is 39.4 Å². The van der Waals surface area contributed by atoms with Crippen molar-refractivity contribution in [2.45, 2.75) is 19.9 Å². The number of nitrogens with zero attached hydrogens (tertiary/aromatic N) is 1. The summed E-state index contributed by atoms with van der Waals surface area (Å²) in [5.41, 5.74) is 6.51. The number of halogens is 1. The monoisotopic (exact) mass is 273 g/mol. The van der Waals surface area contributed by atoms with Crippen LogP contribution in [0.2, 0.25) is 0 Å². The number of hydrogen-bond donors (Lipinski definition) is 2. The Morgan fingerprint density at radius 2 is 2.17 bits per heavy atom. The predicted molar refractivity (Wildman–Crippen MR) is 70.7 cm³/mol. The Balaban J connectivity index is 0.00000289. The Kier molecular flexibility index (Phi) is 6.29. The molecule has 1 amide bonds. The van der Waals surface area contributed by atoms with E-state index in [0.717, 1.165) is 0 Å². The van der Waals surface area contributed by atoms with Crippen LogP contribution in [0.3, 0.4) is 0 Å². The largest absolute Gasteiger partial charge is 0.348 e. The summed E-state index contributed by atoms with van der Waals surface area (Å²) in [7, 11) is 0. The number of benzene rings is 1. The quantitative estimate of drug-likeness (QED) is 0.641. The van der Waals surface area contributed by atoms with Crippen molar-refractivity contribution >= 4 is 24.0 Å². The van der Waals surface area contributed by atoms with E-state index in [4.69, 9.17) is 5.73 Å². The summed E-state index contributed by atoms with van der Waals surface area (Å²) >= 11 is 0. The van der Waals surface area contributed by atoms with Gasteiger partial charge in [0.15, 0.2) is 0 Å². The Hall–Kier alpha value is -1.66. The first-order chi connectivity index (χ1) is 7.95. The van der Waals surface area contributed by atoms with E-state index in [1.54, 1.807) is 26.0 Å². The molecule has 0 fully saturated rings. The van der Waals surface area contributed by atoms with Gasteiger partial charge in [0.25, 0.3) is 5.69 Å². The third-order valence-electron chi connectivity index (χ3n) is 2.49. The molecule has 1 aromatic carbocycles. The van der Waals surface area contributed by atoms with E-state index in [2.05, 4.69) is 5.32 Å². The van der Waals surface area contributed by atoms with E-state index in [9.17, 15) is 14.9 Å². The average molecular weight is 274 g/mol. The number of carbonyl (C=O) groups excluding carboxylic acids is 1. The lowest BCUT2D eigenvalue weighted by Crippen LogP contribution is -2.32. The van der Waals surface area contributed by atoms with Crippen LogP contribution in [-0.4, -0.2) is 17.4 Å². The van der Waals surface area contributed by atoms with Gasteiger partial charge in [-0.1, -0.05) is 12.1 Å². The summed E-state index contributed by atoms with van der Waals surface area (Å²) < 4.78 is 0. The van der Waals surface area contributed by atoms with Crippen LogP contribution in [0.15, 0.2) is 18.2 Å². The molecule has 1 aromatic rings. The summed E-state index contributed by atoms with van der Waals surface area (Å²) in [4.78, 5) is 21.5. The zero-order valence-electron chi connectivity index (χ0n) is 10.2. The van der Waals surface area contributed by atoms with Crippen LogP contribution in [-0.2, 0) is 4.79 Å². The lowest BCUT2D eigenvalue weighted by atomic mass is 10.0. The summed E-state index contributed by atoms with van der Waals surface area (Å²) in [6, 6.07) is 4.59. The second kappa shape index (κ2) is 6.93. The first kappa shape index (κ1) is 16.3. The average Bonchev–Trinajstić information content (AvgIpc) is 2.28. The molecule has 1 atom stereocenters. The van der Waals surface area contributed by atoms with Crippen molar-refractivity contribution in [3.63, 3.8) is 0 Å². The van der Waals surface area contributed by atoms with Crippen molar-refractivity contribution in [1.82, 2.24) is 5.32 Å². The number of carbonyl (C=O) groups is 1. The van der Waals surface area contributed by atoms with Crippen LogP contribution in [0.4, 0.5) is 5.69 Å². The lowest BCUT2D eigenvalue weighted by Gasteiger charge is -2.13. The topological polar surface area (TPSA) is 98.3 Å². The predicted octanol–water partition coefficient (Wildman–Crippen LogP) is 1.46. The highest BCUT2D eigenvalue weighted by Crippen LogP contribution is 2.22. The van der Waals surface area contributed by atoms with Crippen molar-refractivity contribution in [1.29, 1.82) is 0 Å². The van der Waals surface area contributed by atoms with Crippen LogP contribution < -0.4 is 11.1 Å². The van der Waals surface area contributed by atoms with Gasteiger partial charge >= 0.3 is 0 Å². The normalized spacial score (nSPS) is 11.3. The van der Waals surface area contributed by atoms with Gasteiger partial charge in [-0.25, -0.2) is 0 Å². The molecule has 3 N–H and O–H groups in total. The van der Waals surface area contributed by atoms with Crippen molar-refractivity contribution in [2.24, 2.45) is 5.73 Å². The zero-order chi connectivity index (χ0) is 13.0. The highest BCUT2D eigenvalue weighted by atomic mass is 35.5. The fourth-order valence-corrected chi connectivity index (χ4v) is 1.48. The SMILES string of the molecule is Cc1ccc(C(C)NC(=O)CN)cc1[N+](=O)[O-].Cl. The highest BCUT2D eigenvalue weighted by Gasteiger charge is 2.15. The number of rotatable bonds is 4. The minimum atomic E-state index is -0.434. The zero-order valence-corrected chi connectivity index (χ0v) is 11.0. The summed E-state index contributed by atoms with van der Waals surface area (Å²) in [5, 5.41) is 13.4. The molecule has 0 bridgehead atoms. The summed E-state index contributed by atoms with van der Waals surface area (Å²) in [6.07, 6.45) is 0. The van der Waals surface area contributed by atoms with E-state index in [-0.39, 0.29) is 36.6 Å². The van der Waals surface area contributed by atoms with Gasteiger partial charge < -0.3 is 11.1 Å². The lowest BCUT2D eigenvalue weighted by molar-refractivity contribution is -0.385. The number of nitro benzene ring substituents is 1. The van der Waals surface area contributed by atoms with Gasteiger partial charge in [-0.2, -0.15) is 0 Å². The molecule has 0 aliphatic carbocycles.